The highest BCUT2D eigenvalue weighted by molar-refractivity contribution is 5.71. The van der Waals surface area contributed by atoms with Gasteiger partial charge in [0.05, 0.1) is 0 Å². The number of unbranched alkanes of at least 4 members (excludes halogenated alkanes) is 25. The normalized spacial score (nSPS) is 12.7. The smallest absolute Gasteiger partial charge is 0.306 e. The van der Waals surface area contributed by atoms with E-state index in [0.717, 1.165) is 89.9 Å². The maximum absolute atomic E-state index is 12.8. The van der Waals surface area contributed by atoms with Crippen LogP contribution in [0.5, 0.6) is 0 Å². The zero-order valence-electron chi connectivity index (χ0n) is 43.9. The fourth-order valence-corrected chi connectivity index (χ4v) is 7.70. The Hall–Kier alpha value is -3.41. The summed E-state index contributed by atoms with van der Waals surface area (Å²) in [5.74, 6) is -0.993. The molecule has 0 aromatic carbocycles. The van der Waals surface area contributed by atoms with Crippen molar-refractivity contribution in [2.24, 2.45) is 0 Å². The molecule has 384 valence electrons. The Morgan fingerprint density at radius 2 is 0.612 bits per heavy atom. The number of carbonyl (C=O) groups excluding carboxylic acids is 3. The van der Waals surface area contributed by atoms with E-state index >= 15 is 0 Å². The second-order valence-corrected chi connectivity index (χ2v) is 18.5. The van der Waals surface area contributed by atoms with Crippen molar-refractivity contribution in [1.82, 2.24) is 0 Å². The molecule has 0 radical (unpaired) electrons. The molecular weight excluding hydrogens is 829 g/mol. The summed E-state index contributed by atoms with van der Waals surface area (Å²) in [5.41, 5.74) is 0. The van der Waals surface area contributed by atoms with Gasteiger partial charge in [0.25, 0.3) is 0 Å². The van der Waals surface area contributed by atoms with Crippen LogP contribution in [0.3, 0.4) is 0 Å². The molecule has 0 aromatic rings. The molecule has 0 N–H and O–H groups in total. The largest absolute Gasteiger partial charge is 0.462 e. The number of esters is 3. The Bertz CT molecular complexity index is 1300. The van der Waals surface area contributed by atoms with Gasteiger partial charge in [0, 0.05) is 19.3 Å². The highest BCUT2D eigenvalue weighted by Crippen LogP contribution is 2.15. The lowest BCUT2D eigenvalue weighted by atomic mass is 10.0. The van der Waals surface area contributed by atoms with Crippen molar-refractivity contribution >= 4 is 17.9 Å². The number of allylic oxidation sites excluding steroid dienone is 14. The average Bonchev–Trinajstić information content (AvgIpc) is 3.33. The third-order valence-electron chi connectivity index (χ3n) is 11.9. The van der Waals surface area contributed by atoms with Crippen LogP contribution in [0.25, 0.3) is 0 Å². The summed E-state index contributed by atoms with van der Waals surface area (Å²) in [6, 6.07) is 0. The van der Waals surface area contributed by atoms with Crippen LogP contribution in [0.15, 0.2) is 85.1 Å². The van der Waals surface area contributed by atoms with Gasteiger partial charge in [0.1, 0.15) is 13.2 Å². The third-order valence-corrected chi connectivity index (χ3v) is 11.9. The van der Waals surface area contributed by atoms with Crippen LogP contribution >= 0.6 is 0 Å². The van der Waals surface area contributed by atoms with Crippen molar-refractivity contribution in [1.29, 1.82) is 0 Å². The van der Waals surface area contributed by atoms with Crippen molar-refractivity contribution in [3.63, 3.8) is 0 Å². The molecular formula is C61H104O6. The summed E-state index contributed by atoms with van der Waals surface area (Å²) in [5, 5.41) is 0. The summed E-state index contributed by atoms with van der Waals surface area (Å²) in [4.78, 5) is 38.1. The van der Waals surface area contributed by atoms with Crippen LogP contribution in [0.4, 0.5) is 0 Å². The first-order chi connectivity index (χ1) is 33.0. The minimum absolute atomic E-state index is 0.101. The molecule has 6 nitrogen and oxygen atoms in total. The maximum atomic E-state index is 12.8. The molecule has 0 rings (SSSR count). The molecule has 0 heterocycles. The van der Waals surface area contributed by atoms with Gasteiger partial charge in [-0.05, 0) is 83.5 Å². The molecule has 0 aliphatic carbocycles. The zero-order valence-corrected chi connectivity index (χ0v) is 43.9. The summed E-state index contributed by atoms with van der Waals surface area (Å²) in [6.45, 7) is 6.46. The van der Waals surface area contributed by atoms with Crippen molar-refractivity contribution in [3.05, 3.63) is 85.1 Å². The quantitative estimate of drug-likeness (QED) is 0.0262. The Balaban J connectivity index is 4.48. The predicted molar refractivity (Wildman–Crippen MR) is 288 cm³/mol. The number of hydrogen-bond acceptors (Lipinski definition) is 6. The van der Waals surface area contributed by atoms with E-state index in [4.69, 9.17) is 14.2 Å². The lowest BCUT2D eigenvalue weighted by Gasteiger charge is -2.18. The predicted octanol–water partition coefficient (Wildman–Crippen LogP) is 18.8. The van der Waals surface area contributed by atoms with Crippen molar-refractivity contribution < 1.29 is 28.6 Å². The average molecular weight is 933 g/mol. The van der Waals surface area contributed by atoms with Crippen LogP contribution in [-0.2, 0) is 28.6 Å². The summed E-state index contributed by atoms with van der Waals surface area (Å²) in [7, 11) is 0. The van der Waals surface area contributed by atoms with Crippen LogP contribution in [0.2, 0.25) is 0 Å². The molecule has 1 atom stereocenters. The molecule has 0 saturated carbocycles. The van der Waals surface area contributed by atoms with Gasteiger partial charge < -0.3 is 14.2 Å². The molecule has 0 fully saturated rings. The monoisotopic (exact) mass is 933 g/mol. The molecule has 0 aromatic heterocycles. The molecule has 67 heavy (non-hydrogen) atoms. The zero-order chi connectivity index (χ0) is 48.6. The summed E-state index contributed by atoms with van der Waals surface area (Å²) < 4.78 is 16.8. The van der Waals surface area contributed by atoms with E-state index in [0.29, 0.717) is 19.3 Å². The first-order valence-corrected chi connectivity index (χ1v) is 28.1. The molecule has 0 spiro atoms. The number of rotatable bonds is 50. The van der Waals surface area contributed by atoms with Crippen LogP contribution in [0.1, 0.15) is 265 Å². The third kappa shape index (κ3) is 53.4. The molecule has 1 unspecified atom stereocenters. The first-order valence-electron chi connectivity index (χ1n) is 28.1. The van der Waals surface area contributed by atoms with E-state index in [-0.39, 0.29) is 37.5 Å². The number of ether oxygens (including phenoxy) is 3. The lowest BCUT2D eigenvalue weighted by molar-refractivity contribution is -0.166. The Morgan fingerprint density at radius 3 is 1.00 bits per heavy atom. The van der Waals surface area contributed by atoms with Crippen LogP contribution in [-0.4, -0.2) is 37.2 Å². The van der Waals surface area contributed by atoms with E-state index in [1.165, 1.54) is 128 Å². The van der Waals surface area contributed by atoms with Crippen molar-refractivity contribution in [2.75, 3.05) is 13.2 Å². The van der Waals surface area contributed by atoms with E-state index in [1.807, 2.05) is 6.08 Å². The SMILES string of the molecule is CC/C=C\C/C=C\C/C=C\C/C=C\C/C=C\C/C=C\CCC(=O)OCC(COC(=O)CCCCCCCCCCCCCC)OC(=O)CCCCCCC/C=C\CCCCCCCCCCC. The second-order valence-electron chi connectivity index (χ2n) is 18.5. The molecule has 0 saturated heterocycles. The van der Waals surface area contributed by atoms with E-state index in [1.54, 1.807) is 0 Å². The van der Waals surface area contributed by atoms with Gasteiger partial charge in [-0.1, -0.05) is 247 Å². The van der Waals surface area contributed by atoms with Gasteiger partial charge in [-0.2, -0.15) is 0 Å². The van der Waals surface area contributed by atoms with E-state index in [2.05, 4.69) is 99.8 Å². The molecule has 0 bridgehead atoms. The Kier molecular flexibility index (Phi) is 52.4. The number of carbonyl (C=O) groups is 3. The van der Waals surface area contributed by atoms with Crippen LogP contribution in [0, 0.1) is 0 Å². The number of hydrogen-bond donors (Lipinski definition) is 0. The highest BCUT2D eigenvalue weighted by Gasteiger charge is 2.19. The molecule has 0 amide bonds. The van der Waals surface area contributed by atoms with Crippen LogP contribution < -0.4 is 0 Å². The fraction of sp³-hybridized carbons (Fsp3) is 0.721. The summed E-state index contributed by atoms with van der Waals surface area (Å²) in [6.07, 6.45) is 71.5. The Labute approximate surface area is 414 Å². The Morgan fingerprint density at radius 1 is 0.313 bits per heavy atom. The maximum Gasteiger partial charge on any atom is 0.306 e. The van der Waals surface area contributed by atoms with E-state index < -0.39 is 6.10 Å². The van der Waals surface area contributed by atoms with Crippen molar-refractivity contribution in [2.45, 2.75) is 271 Å². The van der Waals surface area contributed by atoms with Gasteiger partial charge in [-0.15, -0.1) is 0 Å². The fourth-order valence-electron chi connectivity index (χ4n) is 7.70. The van der Waals surface area contributed by atoms with Crippen molar-refractivity contribution in [3.8, 4) is 0 Å². The standard InChI is InChI=1S/C61H104O6/c1-4-7-10-13-16-19-22-25-27-29-31-33-34-36-39-42-45-48-51-54-60(63)66-57-58(56-65-59(62)53-50-47-44-41-38-24-21-18-15-12-9-6-3)67-61(64)55-52-49-46-43-40-37-35-32-30-28-26-23-20-17-14-11-8-5-2/h7,10,16,19,25,27,31-33,35-36,39,45,48,58H,4-6,8-9,11-15,17-18,20-24,26,28-30,34,37-38,40-44,46-47,49-57H2,1-3H3/b10-7-,19-16-,27-25-,33-31-,35-32-,39-36-,48-45-. The van der Waals surface area contributed by atoms with Gasteiger partial charge in [-0.3, -0.25) is 14.4 Å². The van der Waals surface area contributed by atoms with Gasteiger partial charge in [0.2, 0.25) is 0 Å². The second kappa shape index (κ2) is 55.2. The van der Waals surface area contributed by atoms with E-state index in [9.17, 15) is 14.4 Å². The van der Waals surface area contributed by atoms with Gasteiger partial charge in [0.15, 0.2) is 6.10 Å². The lowest BCUT2D eigenvalue weighted by Crippen LogP contribution is -2.30. The summed E-state index contributed by atoms with van der Waals surface area (Å²) >= 11 is 0. The minimum atomic E-state index is -0.810. The first kappa shape index (κ1) is 63.6. The minimum Gasteiger partial charge on any atom is -0.462 e. The van der Waals surface area contributed by atoms with Gasteiger partial charge in [-0.25, -0.2) is 0 Å². The highest BCUT2D eigenvalue weighted by atomic mass is 16.6. The topological polar surface area (TPSA) is 78.9 Å². The molecule has 0 aliphatic rings. The molecule has 0 aliphatic heterocycles. The van der Waals surface area contributed by atoms with Gasteiger partial charge >= 0.3 is 17.9 Å². The molecule has 6 heteroatoms.